The average molecular weight is 293 g/mol. The molecule has 21 heavy (non-hydrogen) atoms. The average Bonchev–Trinajstić information content (AvgIpc) is 2.47. The van der Waals surface area contributed by atoms with Crippen LogP contribution in [-0.4, -0.2) is 31.6 Å². The van der Waals surface area contributed by atoms with Gasteiger partial charge in [-0.3, -0.25) is 15.4 Å². The maximum absolute atomic E-state index is 11.8. The molecule has 0 spiro atoms. The van der Waals surface area contributed by atoms with E-state index in [1.54, 1.807) is 21.0 Å². The second-order valence-corrected chi connectivity index (χ2v) is 4.73. The van der Waals surface area contributed by atoms with Crippen LogP contribution >= 0.6 is 0 Å². The zero-order chi connectivity index (χ0) is 15.8. The highest BCUT2D eigenvalue weighted by Gasteiger charge is 2.18. The lowest BCUT2D eigenvalue weighted by Gasteiger charge is -2.20. The fourth-order valence-corrected chi connectivity index (χ4v) is 1.86. The molecule has 0 aliphatic heterocycles. The third-order valence-corrected chi connectivity index (χ3v) is 3.08. The number of benzene rings is 1. The van der Waals surface area contributed by atoms with Crippen LogP contribution < -0.4 is 20.7 Å². The molecule has 0 fully saturated rings. The zero-order valence-electron chi connectivity index (χ0n) is 12.9. The van der Waals surface area contributed by atoms with Crippen molar-refractivity contribution >= 4 is 11.9 Å². The van der Waals surface area contributed by atoms with Gasteiger partial charge in [-0.1, -0.05) is 12.1 Å². The predicted molar refractivity (Wildman–Crippen MR) is 81.2 cm³/mol. The van der Waals surface area contributed by atoms with Gasteiger partial charge in [-0.15, -0.1) is 0 Å². The van der Waals surface area contributed by atoms with Crippen molar-refractivity contribution in [1.29, 1.82) is 0 Å². The van der Waals surface area contributed by atoms with Crippen molar-refractivity contribution in [1.82, 2.24) is 16.0 Å². The van der Waals surface area contributed by atoms with Crippen LogP contribution in [0.5, 0.6) is 5.75 Å². The van der Waals surface area contributed by atoms with Gasteiger partial charge in [0, 0.05) is 12.6 Å². The Hall–Kier alpha value is -2.08. The Balaban J connectivity index is 2.54. The van der Waals surface area contributed by atoms with Gasteiger partial charge >= 0.3 is 6.03 Å². The van der Waals surface area contributed by atoms with Gasteiger partial charge in [-0.25, -0.2) is 4.79 Å². The van der Waals surface area contributed by atoms with Crippen LogP contribution in [-0.2, 0) is 4.79 Å². The molecule has 0 saturated heterocycles. The van der Waals surface area contributed by atoms with E-state index in [1.165, 1.54) is 0 Å². The van der Waals surface area contributed by atoms with Gasteiger partial charge in [0.2, 0.25) is 5.91 Å². The summed E-state index contributed by atoms with van der Waals surface area (Å²) in [6.07, 6.45) is 0. The molecule has 0 saturated carbocycles. The number of urea groups is 1. The number of nitrogens with one attached hydrogen (secondary N) is 3. The van der Waals surface area contributed by atoms with Crippen LogP contribution in [0.1, 0.15) is 32.4 Å². The molecule has 0 radical (unpaired) electrons. The molecular formula is C15H23N3O3. The van der Waals surface area contributed by atoms with Crippen LogP contribution in [0.25, 0.3) is 0 Å². The molecule has 1 aromatic rings. The summed E-state index contributed by atoms with van der Waals surface area (Å²) in [7, 11) is 1.62. The Morgan fingerprint density at radius 1 is 1.19 bits per heavy atom. The molecule has 6 nitrogen and oxygen atoms in total. The van der Waals surface area contributed by atoms with Gasteiger partial charge < -0.3 is 10.1 Å². The first-order chi connectivity index (χ1) is 9.97. The summed E-state index contributed by atoms with van der Waals surface area (Å²) in [6, 6.07) is 6.62. The number of amides is 3. The number of rotatable bonds is 6. The lowest BCUT2D eigenvalue weighted by Crippen LogP contribution is -2.48. The van der Waals surface area contributed by atoms with Gasteiger partial charge in [0.1, 0.15) is 5.75 Å². The van der Waals surface area contributed by atoms with Crippen molar-refractivity contribution < 1.29 is 14.3 Å². The van der Waals surface area contributed by atoms with E-state index in [9.17, 15) is 9.59 Å². The summed E-state index contributed by atoms with van der Waals surface area (Å²) in [6.45, 7) is 5.94. The second-order valence-electron chi connectivity index (χ2n) is 4.73. The highest BCUT2D eigenvalue weighted by atomic mass is 16.5. The number of methoxy groups -OCH3 is 1. The minimum Gasteiger partial charge on any atom is -0.497 e. The summed E-state index contributed by atoms with van der Waals surface area (Å²) in [5, 5.41) is 7.95. The van der Waals surface area contributed by atoms with E-state index in [-0.39, 0.29) is 11.9 Å². The lowest BCUT2D eigenvalue weighted by atomic mass is 10.1. The monoisotopic (exact) mass is 293 g/mol. The maximum Gasteiger partial charge on any atom is 0.321 e. The van der Waals surface area contributed by atoms with Gasteiger partial charge in [-0.2, -0.15) is 0 Å². The first-order valence-electron chi connectivity index (χ1n) is 6.96. The number of imide groups is 1. The summed E-state index contributed by atoms with van der Waals surface area (Å²) >= 11 is 0. The van der Waals surface area contributed by atoms with Crippen molar-refractivity contribution in [2.75, 3.05) is 13.7 Å². The fraction of sp³-hybridized carbons (Fsp3) is 0.467. The van der Waals surface area contributed by atoms with Crippen molar-refractivity contribution in [3.05, 3.63) is 29.8 Å². The molecule has 6 heteroatoms. The van der Waals surface area contributed by atoms with Crippen LogP contribution in [0.4, 0.5) is 4.79 Å². The smallest absolute Gasteiger partial charge is 0.321 e. The largest absolute Gasteiger partial charge is 0.497 e. The molecule has 0 aliphatic rings. The van der Waals surface area contributed by atoms with Crippen LogP contribution in [0.15, 0.2) is 24.3 Å². The second kappa shape index (κ2) is 8.26. The van der Waals surface area contributed by atoms with E-state index in [2.05, 4.69) is 16.0 Å². The Kier molecular flexibility index (Phi) is 6.68. The quantitative estimate of drug-likeness (QED) is 0.744. The predicted octanol–water partition coefficient (Wildman–Crippen LogP) is 1.58. The van der Waals surface area contributed by atoms with Crippen LogP contribution in [0.3, 0.4) is 0 Å². The van der Waals surface area contributed by atoms with Gasteiger partial charge in [0.15, 0.2) is 0 Å². The van der Waals surface area contributed by atoms with Crippen molar-refractivity contribution in [2.45, 2.75) is 32.9 Å². The zero-order valence-corrected chi connectivity index (χ0v) is 12.9. The maximum atomic E-state index is 11.8. The molecule has 3 N–H and O–H groups in total. The van der Waals surface area contributed by atoms with Crippen molar-refractivity contribution in [3.8, 4) is 5.75 Å². The number of ether oxygens (including phenoxy) is 1. The lowest BCUT2D eigenvalue weighted by molar-refractivity contribution is -0.121. The van der Waals surface area contributed by atoms with E-state index in [4.69, 9.17) is 4.74 Å². The summed E-state index contributed by atoms with van der Waals surface area (Å²) in [5.74, 6) is 0.425. The molecule has 0 aliphatic carbocycles. The normalized spacial score (nSPS) is 13.1. The third-order valence-electron chi connectivity index (χ3n) is 3.08. The van der Waals surface area contributed by atoms with E-state index in [0.717, 1.165) is 11.3 Å². The number of hydrogen-bond donors (Lipinski definition) is 3. The minimum atomic E-state index is -0.482. The van der Waals surface area contributed by atoms with Crippen LogP contribution in [0.2, 0.25) is 0 Å². The molecule has 0 heterocycles. The highest BCUT2D eigenvalue weighted by Crippen LogP contribution is 2.17. The minimum absolute atomic E-state index is 0.0223. The van der Waals surface area contributed by atoms with E-state index >= 15 is 0 Å². The van der Waals surface area contributed by atoms with Gasteiger partial charge in [0.25, 0.3) is 0 Å². The van der Waals surface area contributed by atoms with E-state index < -0.39 is 12.1 Å². The van der Waals surface area contributed by atoms with Gasteiger partial charge in [0.05, 0.1) is 13.2 Å². The van der Waals surface area contributed by atoms with E-state index in [1.807, 2.05) is 31.2 Å². The molecule has 0 bridgehead atoms. The molecule has 1 rings (SSSR count). The summed E-state index contributed by atoms with van der Waals surface area (Å²) < 4.78 is 5.11. The molecule has 116 valence electrons. The number of carbonyl (C=O) groups is 2. The first-order valence-corrected chi connectivity index (χ1v) is 6.96. The topological polar surface area (TPSA) is 79.5 Å². The molecule has 1 aromatic carbocycles. The molecule has 3 amide bonds. The molecular weight excluding hydrogens is 270 g/mol. The molecule has 1 unspecified atom stereocenters. The van der Waals surface area contributed by atoms with Crippen molar-refractivity contribution in [2.24, 2.45) is 0 Å². The number of carbonyl (C=O) groups excluding carboxylic acids is 2. The fourth-order valence-electron chi connectivity index (χ4n) is 1.86. The Morgan fingerprint density at radius 2 is 1.81 bits per heavy atom. The standard InChI is InChI=1S/C15H23N3O3/c1-5-16-15(20)18-14(19)11(3)17-10(2)12-6-8-13(21-4)9-7-12/h6-11,17H,5H2,1-4H3,(H2,16,18,19,20)/t10-,11?/m1/s1. The molecule has 0 aromatic heterocycles. The summed E-state index contributed by atoms with van der Waals surface area (Å²) in [4.78, 5) is 23.1. The number of hydrogen-bond acceptors (Lipinski definition) is 4. The van der Waals surface area contributed by atoms with Gasteiger partial charge in [-0.05, 0) is 38.5 Å². The van der Waals surface area contributed by atoms with Crippen LogP contribution in [0, 0.1) is 0 Å². The molecule has 2 atom stereocenters. The van der Waals surface area contributed by atoms with E-state index in [0.29, 0.717) is 6.54 Å². The Morgan fingerprint density at radius 3 is 2.33 bits per heavy atom. The summed E-state index contributed by atoms with van der Waals surface area (Å²) in [5.41, 5.74) is 1.04. The third kappa shape index (κ3) is 5.43. The Labute approximate surface area is 125 Å². The Bertz CT molecular complexity index is 474. The highest BCUT2D eigenvalue weighted by molar-refractivity contribution is 5.96. The first kappa shape index (κ1) is 17.0. The van der Waals surface area contributed by atoms with Crippen molar-refractivity contribution in [3.63, 3.8) is 0 Å². The SMILES string of the molecule is CCNC(=O)NC(=O)C(C)N[C@H](C)c1ccc(OC)cc1.